The maximum atomic E-state index is 13.5. The Hall–Kier alpha value is -2.92. The molecule has 1 amide bonds. The van der Waals surface area contributed by atoms with E-state index in [0.29, 0.717) is 29.5 Å². The van der Waals surface area contributed by atoms with Gasteiger partial charge in [0.1, 0.15) is 5.58 Å². The molecule has 1 aliphatic heterocycles. The van der Waals surface area contributed by atoms with Gasteiger partial charge in [-0.25, -0.2) is 0 Å². The lowest BCUT2D eigenvalue weighted by molar-refractivity contribution is 0.0716. The van der Waals surface area contributed by atoms with Crippen LogP contribution in [0.25, 0.3) is 11.0 Å². The summed E-state index contributed by atoms with van der Waals surface area (Å²) in [5.41, 5.74) is 3.65. The zero-order valence-electron chi connectivity index (χ0n) is 17.9. The molecule has 0 aliphatic carbocycles. The summed E-state index contributed by atoms with van der Waals surface area (Å²) in [7, 11) is 0. The molecule has 5 heteroatoms. The van der Waals surface area contributed by atoms with E-state index in [-0.39, 0.29) is 29.1 Å². The predicted octanol–water partition coefficient (Wildman–Crippen LogP) is 4.33. The van der Waals surface area contributed by atoms with Crippen LogP contribution in [-0.4, -0.2) is 29.1 Å². The fourth-order valence-corrected chi connectivity index (χ4v) is 4.12. The molecule has 0 fully saturated rings. The lowest BCUT2D eigenvalue weighted by Gasteiger charge is -2.26. The third kappa shape index (κ3) is 3.33. The van der Waals surface area contributed by atoms with Crippen LogP contribution in [0.2, 0.25) is 0 Å². The first-order valence-electron chi connectivity index (χ1n) is 10.3. The minimum absolute atomic E-state index is 0.00522. The highest BCUT2D eigenvalue weighted by atomic mass is 16.3. The topological polar surface area (TPSA) is 70.8 Å². The van der Waals surface area contributed by atoms with E-state index < -0.39 is 6.04 Å². The van der Waals surface area contributed by atoms with E-state index in [1.165, 1.54) is 5.56 Å². The first-order chi connectivity index (χ1) is 14.2. The Balaban J connectivity index is 1.92. The molecule has 4 rings (SSSR count). The summed E-state index contributed by atoms with van der Waals surface area (Å²) >= 11 is 0. The van der Waals surface area contributed by atoms with Crippen LogP contribution in [0, 0.1) is 6.92 Å². The van der Waals surface area contributed by atoms with Crippen molar-refractivity contribution in [2.24, 2.45) is 0 Å². The van der Waals surface area contributed by atoms with Gasteiger partial charge in [-0.1, -0.05) is 56.7 Å². The highest BCUT2D eigenvalue weighted by Gasteiger charge is 2.42. The Morgan fingerprint density at radius 2 is 1.77 bits per heavy atom. The second-order valence-electron chi connectivity index (χ2n) is 9.02. The van der Waals surface area contributed by atoms with E-state index >= 15 is 0 Å². The molecule has 0 radical (unpaired) electrons. The Labute approximate surface area is 175 Å². The number of fused-ring (bicyclic) bond motifs is 2. The summed E-state index contributed by atoms with van der Waals surface area (Å²) < 4.78 is 5.94. The summed E-state index contributed by atoms with van der Waals surface area (Å²) in [6, 6.07) is 13.0. The molecule has 1 atom stereocenters. The zero-order valence-corrected chi connectivity index (χ0v) is 17.9. The van der Waals surface area contributed by atoms with Gasteiger partial charge in [0, 0.05) is 13.2 Å². The molecule has 30 heavy (non-hydrogen) atoms. The molecule has 1 N–H and O–H groups in total. The van der Waals surface area contributed by atoms with Crippen LogP contribution in [0.15, 0.2) is 51.7 Å². The smallest absolute Gasteiger partial charge is 0.290 e. The SMILES string of the molecule is Cc1ccc2oc3c(c(=O)c2c1)C(c1ccc(C(C)(C)C)cc1)N(CCCO)C3=O. The van der Waals surface area contributed by atoms with Crippen molar-refractivity contribution >= 4 is 16.9 Å². The summed E-state index contributed by atoms with van der Waals surface area (Å²) in [5.74, 6) is -0.192. The standard InChI is InChI=1S/C25H27NO4/c1-15-6-11-19-18(14-15)22(28)20-21(16-7-9-17(10-8-16)25(2,3)4)26(12-5-13-27)24(29)23(20)30-19/h6-11,14,21,27H,5,12-13H2,1-4H3. The number of aliphatic hydroxyl groups is 1. The lowest BCUT2D eigenvalue weighted by atomic mass is 9.86. The number of carbonyl (C=O) groups is 1. The highest BCUT2D eigenvalue weighted by Crippen LogP contribution is 2.38. The van der Waals surface area contributed by atoms with Crippen LogP contribution in [0.5, 0.6) is 0 Å². The Kier molecular flexibility index (Phi) is 5.02. The molecule has 3 aromatic rings. The van der Waals surface area contributed by atoms with Gasteiger partial charge in [0.05, 0.1) is 17.0 Å². The zero-order chi connectivity index (χ0) is 21.6. The first-order valence-corrected chi connectivity index (χ1v) is 10.3. The molecule has 2 heterocycles. The molecule has 1 unspecified atom stereocenters. The maximum Gasteiger partial charge on any atom is 0.290 e. The molecule has 156 valence electrons. The van der Waals surface area contributed by atoms with Gasteiger partial charge in [-0.05, 0) is 42.0 Å². The minimum Gasteiger partial charge on any atom is -0.450 e. The molecule has 0 spiro atoms. The number of nitrogens with zero attached hydrogens (tertiary/aromatic N) is 1. The van der Waals surface area contributed by atoms with E-state index in [2.05, 4.69) is 32.9 Å². The minimum atomic E-state index is -0.519. The number of hydrogen-bond donors (Lipinski definition) is 1. The van der Waals surface area contributed by atoms with E-state index in [0.717, 1.165) is 11.1 Å². The van der Waals surface area contributed by atoms with Gasteiger partial charge in [-0.3, -0.25) is 9.59 Å². The first kappa shape index (κ1) is 20.4. The van der Waals surface area contributed by atoms with Crippen LogP contribution in [0.3, 0.4) is 0 Å². The summed E-state index contributed by atoms with van der Waals surface area (Å²) in [4.78, 5) is 28.3. The van der Waals surface area contributed by atoms with Gasteiger partial charge >= 0.3 is 0 Å². The van der Waals surface area contributed by atoms with E-state index in [1.54, 1.807) is 11.0 Å². The van der Waals surface area contributed by atoms with Crippen LogP contribution in [0.4, 0.5) is 0 Å². The number of hydrogen-bond acceptors (Lipinski definition) is 4. The van der Waals surface area contributed by atoms with E-state index in [1.807, 2.05) is 31.2 Å². The summed E-state index contributed by atoms with van der Waals surface area (Å²) in [5, 5.41) is 9.82. The van der Waals surface area contributed by atoms with Crippen molar-refractivity contribution in [1.29, 1.82) is 0 Å². The maximum absolute atomic E-state index is 13.5. The largest absolute Gasteiger partial charge is 0.450 e. The normalized spacial score (nSPS) is 16.4. The quantitative estimate of drug-likeness (QED) is 0.701. The monoisotopic (exact) mass is 405 g/mol. The van der Waals surface area contributed by atoms with Crippen molar-refractivity contribution in [3.05, 3.63) is 80.7 Å². The summed E-state index contributed by atoms with van der Waals surface area (Å²) in [6.07, 6.45) is 0.434. The molecule has 0 bridgehead atoms. The molecule has 1 aromatic heterocycles. The lowest BCUT2D eigenvalue weighted by Crippen LogP contribution is -2.31. The predicted molar refractivity (Wildman–Crippen MR) is 117 cm³/mol. The van der Waals surface area contributed by atoms with Gasteiger partial charge in [0.2, 0.25) is 5.76 Å². The van der Waals surface area contributed by atoms with E-state index in [9.17, 15) is 14.7 Å². The van der Waals surface area contributed by atoms with Crippen molar-refractivity contribution in [1.82, 2.24) is 4.90 Å². The average molecular weight is 405 g/mol. The molecule has 5 nitrogen and oxygen atoms in total. The third-order valence-corrected chi connectivity index (χ3v) is 5.77. The molecule has 0 saturated heterocycles. The fraction of sp³-hybridized carbons (Fsp3) is 0.360. The molecule has 1 aliphatic rings. The Morgan fingerprint density at radius 3 is 2.40 bits per heavy atom. The number of carbonyl (C=O) groups excluding carboxylic acids is 1. The van der Waals surface area contributed by atoms with E-state index in [4.69, 9.17) is 4.42 Å². The second-order valence-corrected chi connectivity index (χ2v) is 9.02. The fourth-order valence-electron chi connectivity index (χ4n) is 4.12. The molecule has 2 aromatic carbocycles. The van der Waals surface area contributed by atoms with Crippen LogP contribution >= 0.6 is 0 Å². The molecular weight excluding hydrogens is 378 g/mol. The van der Waals surface area contributed by atoms with Crippen molar-refractivity contribution in [2.45, 2.75) is 45.6 Å². The Bertz CT molecular complexity index is 1170. The number of benzene rings is 2. The van der Waals surface area contributed by atoms with Crippen molar-refractivity contribution < 1.29 is 14.3 Å². The van der Waals surface area contributed by atoms with Gasteiger partial charge in [-0.2, -0.15) is 0 Å². The second kappa shape index (κ2) is 7.40. The highest BCUT2D eigenvalue weighted by molar-refractivity contribution is 5.99. The Morgan fingerprint density at radius 1 is 1.07 bits per heavy atom. The number of aryl methyl sites for hydroxylation is 1. The number of aliphatic hydroxyl groups excluding tert-OH is 1. The number of rotatable bonds is 4. The van der Waals surface area contributed by atoms with Gasteiger partial charge in [0.15, 0.2) is 5.43 Å². The van der Waals surface area contributed by atoms with Crippen LogP contribution < -0.4 is 5.43 Å². The van der Waals surface area contributed by atoms with Gasteiger partial charge in [-0.15, -0.1) is 0 Å². The van der Waals surface area contributed by atoms with Crippen molar-refractivity contribution in [2.75, 3.05) is 13.2 Å². The molecule has 0 saturated carbocycles. The number of amides is 1. The summed E-state index contributed by atoms with van der Waals surface area (Å²) in [6.45, 7) is 8.68. The van der Waals surface area contributed by atoms with Crippen molar-refractivity contribution in [3.63, 3.8) is 0 Å². The van der Waals surface area contributed by atoms with Crippen LogP contribution in [0.1, 0.15) is 66.0 Å². The average Bonchev–Trinajstić information content (AvgIpc) is 2.98. The molecular formula is C25H27NO4. The van der Waals surface area contributed by atoms with Crippen LogP contribution in [-0.2, 0) is 5.41 Å². The van der Waals surface area contributed by atoms with Crippen molar-refractivity contribution in [3.8, 4) is 0 Å². The van der Waals surface area contributed by atoms with Gasteiger partial charge in [0.25, 0.3) is 5.91 Å². The third-order valence-electron chi connectivity index (χ3n) is 5.77. The van der Waals surface area contributed by atoms with Gasteiger partial charge < -0.3 is 14.4 Å².